The third-order valence-corrected chi connectivity index (χ3v) is 6.25. The number of methoxy groups -OCH3 is 1. The van der Waals surface area contributed by atoms with Gasteiger partial charge in [-0.15, -0.1) is 11.3 Å². The maximum absolute atomic E-state index is 5.40. The molecule has 2 aliphatic rings. The van der Waals surface area contributed by atoms with Crippen LogP contribution in [0.1, 0.15) is 49.3 Å². The molecule has 0 amide bonds. The largest absolute Gasteiger partial charge is 0.382 e. The van der Waals surface area contributed by atoms with Gasteiger partial charge < -0.3 is 4.74 Å². The van der Waals surface area contributed by atoms with Gasteiger partial charge in [0.25, 0.3) is 0 Å². The lowest BCUT2D eigenvalue weighted by Gasteiger charge is -2.24. The zero-order valence-corrected chi connectivity index (χ0v) is 16.5. The minimum atomic E-state index is 0.307. The number of thiophene rings is 1. The Labute approximate surface area is 156 Å². The van der Waals surface area contributed by atoms with Crippen LogP contribution in [0.4, 0.5) is 0 Å². The van der Waals surface area contributed by atoms with Crippen molar-refractivity contribution in [3.8, 4) is 0 Å². The second-order valence-corrected chi connectivity index (χ2v) is 8.21. The quantitative estimate of drug-likeness (QED) is 0.608. The summed E-state index contributed by atoms with van der Waals surface area (Å²) in [5, 5.41) is 7.43. The van der Waals surface area contributed by atoms with Crippen LogP contribution in [0.15, 0.2) is 41.0 Å². The van der Waals surface area contributed by atoms with Crippen molar-refractivity contribution in [3.05, 3.63) is 45.7 Å². The molecule has 0 bridgehead atoms. The summed E-state index contributed by atoms with van der Waals surface area (Å²) in [5.41, 5.74) is 2.59. The van der Waals surface area contributed by atoms with Gasteiger partial charge in [0.1, 0.15) is 0 Å². The molecular weight excluding hydrogens is 328 g/mol. The van der Waals surface area contributed by atoms with Crippen molar-refractivity contribution in [1.29, 1.82) is 0 Å². The van der Waals surface area contributed by atoms with E-state index in [0.29, 0.717) is 12.0 Å². The van der Waals surface area contributed by atoms with Crippen molar-refractivity contribution in [3.63, 3.8) is 0 Å². The van der Waals surface area contributed by atoms with Crippen molar-refractivity contribution in [1.82, 2.24) is 5.01 Å². The topological polar surface area (TPSA) is 24.8 Å². The third-order valence-electron chi connectivity index (χ3n) is 5.08. The fraction of sp³-hybridized carbons (Fsp3) is 0.571. The number of hydrazone groups is 1. The average molecular weight is 359 g/mol. The highest BCUT2D eigenvalue weighted by molar-refractivity contribution is 7.14. The molecule has 0 aromatic carbocycles. The van der Waals surface area contributed by atoms with E-state index in [0.717, 1.165) is 13.2 Å². The smallest absolute Gasteiger partial charge is 0.0886 e. The predicted octanol–water partition coefficient (Wildman–Crippen LogP) is 5.04. The molecule has 1 saturated heterocycles. The molecule has 2 heterocycles. The number of hydrogen-bond donors (Lipinski definition) is 0. The Bertz CT molecular complexity index is 659. The molecule has 1 aliphatic heterocycles. The molecule has 1 aliphatic carbocycles. The SMILES string of the molecule is CCCCc1ccc(/C(=N\N2CCC[C@H]2COC)C2C=CC=C2C)s1. The first-order valence-electron chi connectivity index (χ1n) is 9.51. The van der Waals surface area contributed by atoms with E-state index in [4.69, 9.17) is 9.84 Å². The maximum Gasteiger partial charge on any atom is 0.0886 e. The number of aryl methyl sites for hydroxylation is 1. The summed E-state index contributed by atoms with van der Waals surface area (Å²) in [6.45, 7) is 6.26. The standard InChI is InChI=1S/C21H30N2OS/c1-4-5-10-18-12-13-20(25-18)21(19-11-6-8-16(19)2)22-23-14-7-9-17(23)15-24-3/h6,8,11-13,17,19H,4-5,7,9-10,14-15H2,1-3H3/b22-21-/t17-,19?/m0/s1. The molecule has 1 unspecified atom stereocenters. The molecular formula is C21H30N2OS. The van der Waals surface area contributed by atoms with E-state index in [1.165, 1.54) is 53.1 Å². The first kappa shape index (κ1) is 18.4. The molecule has 0 radical (unpaired) electrons. The van der Waals surface area contributed by atoms with E-state index in [1.54, 1.807) is 7.11 Å². The highest BCUT2D eigenvalue weighted by Gasteiger charge is 2.27. The van der Waals surface area contributed by atoms with E-state index in [-0.39, 0.29) is 0 Å². The zero-order valence-electron chi connectivity index (χ0n) is 15.7. The lowest BCUT2D eigenvalue weighted by molar-refractivity contribution is 0.118. The van der Waals surface area contributed by atoms with Crippen LogP contribution in [-0.4, -0.2) is 37.0 Å². The zero-order chi connectivity index (χ0) is 17.6. The highest BCUT2D eigenvalue weighted by Crippen LogP contribution is 2.30. The Hall–Kier alpha value is -1.39. The summed E-state index contributed by atoms with van der Waals surface area (Å²) >= 11 is 1.92. The van der Waals surface area contributed by atoms with Crippen LogP contribution in [0.25, 0.3) is 0 Å². The molecule has 3 nitrogen and oxygen atoms in total. The Kier molecular flexibility index (Phi) is 6.49. The van der Waals surface area contributed by atoms with Crippen LogP contribution in [0.5, 0.6) is 0 Å². The van der Waals surface area contributed by atoms with Gasteiger partial charge in [-0.25, -0.2) is 0 Å². The van der Waals surface area contributed by atoms with Crippen molar-refractivity contribution < 1.29 is 4.74 Å². The second kappa shape index (κ2) is 8.81. The van der Waals surface area contributed by atoms with E-state index in [2.05, 4.69) is 49.2 Å². The van der Waals surface area contributed by atoms with E-state index in [9.17, 15) is 0 Å². The van der Waals surface area contributed by atoms with Gasteiger partial charge in [0.05, 0.1) is 23.2 Å². The van der Waals surface area contributed by atoms with Crippen molar-refractivity contribution in [2.45, 2.75) is 52.0 Å². The van der Waals surface area contributed by atoms with Crippen LogP contribution in [0.3, 0.4) is 0 Å². The molecule has 1 aromatic rings. The molecule has 2 atom stereocenters. The molecule has 25 heavy (non-hydrogen) atoms. The molecule has 3 rings (SSSR count). The molecule has 136 valence electrons. The number of hydrogen-bond acceptors (Lipinski definition) is 4. The summed E-state index contributed by atoms with van der Waals surface area (Å²) in [6, 6.07) is 4.98. The van der Waals surface area contributed by atoms with Crippen molar-refractivity contribution >= 4 is 17.0 Å². The van der Waals surface area contributed by atoms with E-state index >= 15 is 0 Å². The normalized spacial score (nSPS) is 23.6. The van der Waals surface area contributed by atoms with Gasteiger partial charge in [-0.2, -0.15) is 5.10 Å². The van der Waals surface area contributed by atoms with Crippen LogP contribution >= 0.6 is 11.3 Å². The van der Waals surface area contributed by atoms with E-state index in [1.807, 2.05) is 11.3 Å². The number of allylic oxidation sites excluding steroid dienone is 4. The second-order valence-electron chi connectivity index (χ2n) is 7.04. The fourth-order valence-corrected chi connectivity index (χ4v) is 4.67. The lowest BCUT2D eigenvalue weighted by Crippen LogP contribution is -2.30. The highest BCUT2D eigenvalue weighted by atomic mass is 32.1. The number of nitrogens with zero attached hydrogens (tertiary/aromatic N) is 2. The number of unbranched alkanes of at least 4 members (excludes halogenated alkanes) is 1. The van der Waals surface area contributed by atoms with Crippen molar-refractivity contribution in [2.24, 2.45) is 11.0 Å². The molecule has 4 heteroatoms. The summed E-state index contributed by atoms with van der Waals surface area (Å²) in [7, 11) is 1.78. The molecule has 1 fully saturated rings. The van der Waals surface area contributed by atoms with Gasteiger partial charge in [0.15, 0.2) is 0 Å². The lowest BCUT2D eigenvalue weighted by atomic mass is 9.97. The molecule has 0 N–H and O–H groups in total. The first-order valence-corrected chi connectivity index (χ1v) is 10.3. The Morgan fingerprint density at radius 3 is 3.00 bits per heavy atom. The van der Waals surface area contributed by atoms with Gasteiger partial charge in [0.2, 0.25) is 0 Å². The van der Waals surface area contributed by atoms with Crippen LogP contribution in [0, 0.1) is 5.92 Å². The summed E-state index contributed by atoms with van der Waals surface area (Å²) in [4.78, 5) is 2.79. The Morgan fingerprint density at radius 1 is 1.40 bits per heavy atom. The first-order chi connectivity index (χ1) is 12.2. The third kappa shape index (κ3) is 4.42. The minimum Gasteiger partial charge on any atom is -0.382 e. The minimum absolute atomic E-state index is 0.307. The van der Waals surface area contributed by atoms with Crippen LogP contribution in [0.2, 0.25) is 0 Å². The van der Waals surface area contributed by atoms with Gasteiger partial charge in [-0.1, -0.05) is 37.1 Å². The summed E-state index contributed by atoms with van der Waals surface area (Å²) < 4.78 is 5.40. The maximum atomic E-state index is 5.40. The molecule has 1 aromatic heterocycles. The summed E-state index contributed by atoms with van der Waals surface area (Å²) in [5.74, 6) is 0.307. The number of ether oxygens (including phenoxy) is 1. The van der Waals surface area contributed by atoms with Crippen LogP contribution < -0.4 is 0 Å². The van der Waals surface area contributed by atoms with Gasteiger partial charge >= 0.3 is 0 Å². The molecule has 0 saturated carbocycles. The van der Waals surface area contributed by atoms with Gasteiger partial charge in [0, 0.05) is 24.4 Å². The predicted molar refractivity (Wildman–Crippen MR) is 107 cm³/mol. The summed E-state index contributed by atoms with van der Waals surface area (Å²) in [6.07, 6.45) is 12.7. The monoisotopic (exact) mass is 358 g/mol. The van der Waals surface area contributed by atoms with E-state index < -0.39 is 0 Å². The van der Waals surface area contributed by atoms with Gasteiger partial charge in [-0.3, -0.25) is 5.01 Å². The fourth-order valence-electron chi connectivity index (χ4n) is 3.60. The van der Waals surface area contributed by atoms with Crippen molar-refractivity contribution in [2.75, 3.05) is 20.3 Å². The van der Waals surface area contributed by atoms with Gasteiger partial charge in [-0.05, 0) is 44.7 Å². The van der Waals surface area contributed by atoms with Crippen LogP contribution in [-0.2, 0) is 11.2 Å². The number of rotatable bonds is 8. The average Bonchev–Trinajstić information content (AvgIpc) is 3.33. The molecule has 0 spiro atoms. The Morgan fingerprint density at radius 2 is 2.28 bits per heavy atom. The Balaban J connectivity index is 1.87.